The number of likely N-dealkylation sites (tertiary alicyclic amines) is 1. The highest BCUT2D eigenvalue weighted by Gasteiger charge is 2.50. The summed E-state index contributed by atoms with van der Waals surface area (Å²) in [7, 11) is 1.85. The van der Waals surface area contributed by atoms with Gasteiger partial charge in [0, 0.05) is 7.05 Å². The van der Waals surface area contributed by atoms with Gasteiger partial charge in [-0.05, 0) is 31.9 Å². The number of rotatable bonds is 2. The molecule has 1 aromatic carbocycles. The van der Waals surface area contributed by atoms with Crippen LogP contribution in [0.3, 0.4) is 0 Å². The van der Waals surface area contributed by atoms with Crippen LogP contribution in [0.15, 0.2) is 41.4 Å². The van der Waals surface area contributed by atoms with Crippen LogP contribution in [0.25, 0.3) is 10.2 Å². The van der Waals surface area contributed by atoms with Crippen LogP contribution >= 0.6 is 11.3 Å². The molecule has 1 aliphatic carbocycles. The van der Waals surface area contributed by atoms with Gasteiger partial charge in [-0.25, -0.2) is 0 Å². The van der Waals surface area contributed by atoms with Gasteiger partial charge >= 0.3 is 0 Å². The highest BCUT2D eigenvalue weighted by atomic mass is 32.1. The molecule has 0 N–H and O–H groups in total. The molecule has 1 saturated heterocycles. The van der Waals surface area contributed by atoms with Crippen molar-refractivity contribution >= 4 is 39.3 Å². The van der Waals surface area contributed by atoms with E-state index in [0.29, 0.717) is 17.6 Å². The fourth-order valence-corrected chi connectivity index (χ4v) is 4.72. The lowest BCUT2D eigenvalue weighted by Gasteiger charge is -2.19. The van der Waals surface area contributed by atoms with E-state index in [9.17, 15) is 14.4 Å². The van der Waals surface area contributed by atoms with Crippen molar-refractivity contribution in [2.75, 3.05) is 0 Å². The molecule has 0 spiro atoms. The lowest BCUT2D eigenvalue weighted by molar-refractivity contribution is -0.146. The van der Waals surface area contributed by atoms with E-state index in [-0.39, 0.29) is 23.7 Å². The summed E-state index contributed by atoms with van der Waals surface area (Å²) in [5.74, 6) is -1.63. The Morgan fingerprint density at radius 2 is 1.77 bits per heavy atom. The minimum Gasteiger partial charge on any atom is -0.319 e. The van der Waals surface area contributed by atoms with E-state index >= 15 is 0 Å². The third-order valence-corrected chi connectivity index (χ3v) is 6.32. The number of allylic oxidation sites excluding steroid dienone is 2. The number of aromatic nitrogens is 1. The van der Waals surface area contributed by atoms with Crippen molar-refractivity contribution < 1.29 is 14.4 Å². The fourth-order valence-electron chi connectivity index (χ4n) is 3.69. The molecule has 2 unspecified atom stereocenters. The Labute approximate surface area is 154 Å². The number of aryl methyl sites for hydroxylation is 1. The summed E-state index contributed by atoms with van der Waals surface area (Å²) >= 11 is 1.41. The van der Waals surface area contributed by atoms with Crippen molar-refractivity contribution in [3.05, 3.63) is 41.2 Å². The Balaban J connectivity index is 1.65. The number of para-hydroxylation sites is 1. The van der Waals surface area contributed by atoms with Gasteiger partial charge in [0.2, 0.25) is 11.8 Å². The minimum absolute atomic E-state index is 0.249. The first kappa shape index (κ1) is 16.9. The van der Waals surface area contributed by atoms with E-state index in [1.165, 1.54) is 11.3 Å². The van der Waals surface area contributed by atoms with Gasteiger partial charge in [-0.3, -0.25) is 19.3 Å². The van der Waals surface area contributed by atoms with Crippen LogP contribution in [0.2, 0.25) is 0 Å². The van der Waals surface area contributed by atoms with E-state index < -0.39 is 11.9 Å². The molecule has 0 bridgehead atoms. The summed E-state index contributed by atoms with van der Waals surface area (Å²) in [6.45, 7) is 1.58. The molecule has 0 radical (unpaired) electrons. The van der Waals surface area contributed by atoms with Gasteiger partial charge in [0.25, 0.3) is 5.91 Å². The first-order valence-corrected chi connectivity index (χ1v) is 9.45. The zero-order valence-corrected chi connectivity index (χ0v) is 15.4. The molecule has 1 aromatic heterocycles. The maximum atomic E-state index is 12.7. The lowest BCUT2D eigenvalue weighted by atomic mass is 9.85. The highest BCUT2D eigenvalue weighted by Crippen LogP contribution is 2.36. The second-order valence-corrected chi connectivity index (χ2v) is 7.75. The maximum absolute atomic E-state index is 12.7. The quantitative estimate of drug-likeness (QED) is 0.600. The van der Waals surface area contributed by atoms with Gasteiger partial charge in [-0.1, -0.05) is 35.6 Å². The standard InChI is InChI=1S/C19H19N3O3S/c1-11(22-17(24)12-7-3-4-8-13(12)18(22)25)16(23)20-19-21(2)14-9-5-6-10-15(14)26-19/h3-6,9-13H,7-8H2,1-2H3/t11-,12?,13?/m1/s1. The molecule has 7 heteroatoms. The van der Waals surface area contributed by atoms with Crippen molar-refractivity contribution in [2.45, 2.75) is 25.8 Å². The van der Waals surface area contributed by atoms with Gasteiger partial charge in [-0.2, -0.15) is 4.99 Å². The first-order valence-electron chi connectivity index (χ1n) is 8.64. The average Bonchev–Trinajstić information content (AvgIpc) is 3.10. The Kier molecular flexibility index (Phi) is 4.11. The van der Waals surface area contributed by atoms with E-state index in [4.69, 9.17) is 0 Å². The molecule has 4 rings (SSSR count). The fraction of sp³-hybridized carbons (Fsp3) is 0.368. The van der Waals surface area contributed by atoms with Crippen molar-refractivity contribution in [3.63, 3.8) is 0 Å². The number of thiazole rings is 1. The number of imide groups is 1. The lowest BCUT2D eigenvalue weighted by Crippen LogP contribution is -2.43. The van der Waals surface area contributed by atoms with Crippen molar-refractivity contribution in [3.8, 4) is 0 Å². The molecular formula is C19H19N3O3S. The minimum atomic E-state index is -0.884. The number of hydrogen-bond acceptors (Lipinski definition) is 4. The highest BCUT2D eigenvalue weighted by molar-refractivity contribution is 7.16. The molecule has 134 valence electrons. The molecule has 1 fully saturated rings. The molecule has 26 heavy (non-hydrogen) atoms. The van der Waals surface area contributed by atoms with Crippen LogP contribution < -0.4 is 4.80 Å². The third kappa shape index (κ3) is 2.54. The second-order valence-electron chi connectivity index (χ2n) is 6.74. The van der Waals surface area contributed by atoms with E-state index in [1.54, 1.807) is 6.92 Å². The molecule has 3 amide bonds. The van der Waals surface area contributed by atoms with Crippen LogP contribution in [0.4, 0.5) is 0 Å². The normalized spacial score (nSPS) is 24.4. The van der Waals surface area contributed by atoms with Gasteiger partial charge in [0.05, 0.1) is 22.1 Å². The van der Waals surface area contributed by atoms with Gasteiger partial charge < -0.3 is 4.57 Å². The second kappa shape index (κ2) is 6.32. The maximum Gasteiger partial charge on any atom is 0.271 e. The summed E-state index contributed by atoms with van der Waals surface area (Å²) in [5, 5.41) is 0. The van der Waals surface area contributed by atoms with Crippen LogP contribution in [0.5, 0.6) is 0 Å². The Morgan fingerprint density at radius 3 is 2.38 bits per heavy atom. The number of carbonyl (C=O) groups is 3. The molecule has 0 saturated carbocycles. The summed E-state index contributed by atoms with van der Waals surface area (Å²) in [6.07, 6.45) is 5.00. The largest absolute Gasteiger partial charge is 0.319 e. The Morgan fingerprint density at radius 1 is 1.15 bits per heavy atom. The van der Waals surface area contributed by atoms with Crippen molar-refractivity contribution in [2.24, 2.45) is 23.9 Å². The smallest absolute Gasteiger partial charge is 0.271 e. The predicted molar refractivity (Wildman–Crippen MR) is 98.0 cm³/mol. The molecule has 6 nitrogen and oxygen atoms in total. The van der Waals surface area contributed by atoms with Crippen LogP contribution in [0, 0.1) is 11.8 Å². The van der Waals surface area contributed by atoms with E-state index in [1.807, 2.05) is 48.0 Å². The summed E-state index contributed by atoms with van der Waals surface area (Å²) in [4.78, 5) is 43.8. The topological polar surface area (TPSA) is 71.7 Å². The number of fused-ring (bicyclic) bond motifs is 2. The predicted octanol–water partition coefficient (Wildman–Crippen LogP) is 2.01. The van der Waals surface area contributed by atoms with Crippen molar-refractivity contribution in [1.82, 2.24) is 9.47 Å². The average molecular weight is 369 g/mol. The molecule has 1 aliphatic heterocycles. The van der Waals surface area contributed by atoms with E-state index in [0.717, 1.165) is 15.1 Å². The summed E-state index contributed by atoms with van der Waals surface area (Å²) in [6, 6.07) is 6.92. The first-order chi connectivity index (χ1) is 12.5. The van der Waals surface area contributed by atoms with Gasteiger partial charge in [0.15, 0.2) is 4.80 Å². The molecule has 2 aromatic rings. The number of nitrogens with zero attached hydrogens (tertiary/aromatic N) is 3. The SMILES string of the molecule is C[C@H](C(=O)N=c1sc2ccccc2n1C)N1C(=O)C2CC=CCC2C1=O. The molecule has 2 heterocycles. The molecular weight excluding hydrogens is 350 g/mol. The third-order valence-electron chi connectivity index (χ3n) is 5.21. The zero-order valence-electron chi connectivity index (χ0n) is 14.6. The number of hydrogen-bond donors (Lipinski definition) is 0. The van der Waals surface area contributed by atoms with Crippen molar-refractivity contribution in [1.29, 1.82) is 0 Å². The Bertz CT molecular complexity index is 990. The van der Waals surface area contributed by atoms with Crippen LogP contribution in [-0.2, 0) is 21.4 Å². The molecule has 3 atom stereocenters. The van der Waals surface area contributed by atoms with Gasteiger partial charge in [0.1, 0.15) is 6.04 Å². The number of benzene rings is 1. The zero-order chi connectivity index (χ0) is 18.4. The number of carbonyl (C=O) groups excluding carboxylic acids is 3. The molecule has 2 aliphatic rings. The number of amides is 3. The Hall–Kier alpha value is -2.54. The summed E-state index contributed by atoms with van der Waals surface area (Å²) < 4.78 is 2.88. The van der Waals surface area contributed by atoms with Crippen LogP contribution in [0.1, 0.15) is 19.8 Å². The van der Waals surface area contributed by atoms with E-state index in [2.05, 4.69) is 4.99 Å². The van der Waals surface area contributed by atoms with Gasteiger partial charge in [-0.15, -0.1) is 0 Å². The summed E-state index contributed by atoms with van der Waals surface area (Å²) in [5.41, 5.74) is 0.988. The monoisotopic (exact) mass is 369 g/mol. The van der Waals surface area contributed by atoms with Crippen LogP contribution in [-0.4, -0.2) is 33.2 Å².